The lowest BCUT2D eigenvalue weighted by Gasteiger charge is -2.27. The normalized spacial score (nSPS) is 22.8. The number of hydrogen-bond donors (Lipinski definition) is 1. The Labute approximate surface area is 131 Å². The average molecular weight is 306 g/mol. The van der Waals surface area contributed by atoms with Gasteiger partial charge in [0.1, 0.15) is 5.65 Å². The van der Waals surface area contributed by atoms with Crippen molar-refractivity contribution in [2.75, 3.05) is 6.54 Å². The minimum Gasteiger partial charge on any atom is -0.311 e. The molecule has 1 fully saturated rings. The van der Waals surface area contributed by atoms with Crippen LogP contribution in [0, 0.1) is 11.8 Å². The van der Waals surface area contributed by atoms with Crippen molar-refractivity contribution in [3.05, 3.63) is 35.2 Å². The predicted molar refractivity (Wildman–Crippen MR) is 87.6 cm³/mol. The van der Waals surface area contributed by atoms with Gasteiger partial charge in [-0.15, -0.1) is 0 Å². The van der Waals surface area contributed by atoms with Gasteiger partial charge in [0.25, 0.3) is 0 Å². The summed E-state index contributed by atoms with van der Waals surface area (Å²) >= 11 is 5.99. The number of fused-ring (bicyclic) bond motifs is 1. The Balaban J connectivity index is 1.48. The largest absolute Gasteiger partial charge is 0.311 e. The van der Waals surface area contributed by atoms with Crippen LogP contribution < -0.4 is 5.32 Å². The van der Waals surface area contributed by atoms with Crippen molar-refractivity contribution in [1.29, 1.82) is 0 Å². The topological polar surface area (TPSA) is 29.3 Å². The van der Waals surface area contributed by atoms with Crippen LogP contribution in [0.25, 0.3) is 5.65 Å². The fourth-order valence-electron chi connectivity index (χ4n) is 3.35. The van der Waals surface area contributed by atoms with Crippen molar-refractivity contribution in [3.8, 4) is 0 Å². The second-order valence-electron chi connectivity index (χ2n) is 6.27. The highest BCUT2D eigenvalue weighted by molar-refractivity contribution is 6.30. The Kier molecular flexibility index (Phi) is 4.81. The summed E-state index contributed by atoms with van der Waals surface area (Å²) in [6.07, 6.45) is 10.9. The third kappa shape index (κ3) is 3.78. The number of imidazole rings is 1. The number of rotatable bonds is 5. The lowest BCUT2D eigenvalue weighted by molar-refractivity contribution is 0.262. The Bertz CT molecular complexity index is 585. The van der Waals surface area contributed by atoms with Gasteiger partial charge in [0.15, 0.2) is 0 Å². The van der Waals surface area contributed by atoms with E-state index >= 15 is 0 Å². The molecule has 0 aliphatic heterocycles. The van der Waals surface area contributed by atoms with Crippen molar-refractivity contribution >= 4 is 17.2 Å². The van der Waals surface area contributed by atoms with E-state index in [1.54, 1.807) is 0 Å². The Hall–Kier alpha value is -1.06. The molecule has 0 aromatic carbocycles. The quantitative estimate of drug-likeness (QED) is 0.892. The molecule has 0 spiro atoms. The second kappa shape index (κ2) is 6.80. The number of pyridine rings is 1. The first-order valence-electron chi connectivity index (χ1n) is 8.08. The van der Waals surface area contributed by atoms with Crippen molar-refractivity contribution < 1.29 is 0 Å². The van der Waals surface area contributed by atoms with Crippen LogP contribution in [0.1, 0.15) is 44.7 Å². The fourth-order valence-corrected chi connectivity index (χ4v) is 3.52. The van der Waals surface area contributed by atoms with E-state index in [1.165, 1.54) is 32.1 Å². The molecular weight excluding hydrogens is 282 g/mol. The SMILES string of the molecule is CCC1CCC(CNCc2cn3cc(Cl)ccc3n2)CC1. The van der Waals surface area contributed by atoms with Gasteiger partial charge in [-0.05, 0) is 43.4 Å². The molecule has 21 heavy (non-hydrogen) atoms. The molecule has 0 radical (unpaired) electrons. The maximum Gasteiger partial charge on any atom is 0.137 e. The molecule has 1 N–H and O–H groups in total. The minimum atomic E-state index is 0.743. The number of hydrogen-bond acceptors (Lipinski definition) is 2. The highest BCUT2D eigenvalue weighted by atomic mass is 35.5. The van der Waals surface area contributed by atoms with Gasteiger partial charge in [-0.1, -0.05) is 37.8 Å². The zero-order chi connectivity index (χ0) is 14.7. The van der Waals surface area contributed by atoms with Crippen molar-refractivity contribution in [1.82, 2.24) is 14.7 Å². The van der Waals surface area contributed by atoms with Crippen LogP contribution in [0.2, 0.25) is 5.02 Å². The van der Waals surface area contributed by atoms with Gasteiger partial charge in [-0.25, -0.2) is 4.98 Å². The number of nitrogens with zero attached hydrogens (tertiary/aromatic N) is 2. The highest BCUT2D eigenvalue weighted by Crippen LogP contribution is 2.30. The molecule has 0 bridgehead atoms. The van der Waals surface area contributed by atoms with Gasteiger partial charge in [-0.2, -0.15) is 0 Å². The minimum absolute atomic E-state index is 0.743. The highest BCUT2D eigenvalue weighted by Gasteiger charge is 2.19. The lowest BCUT2D eigenvalue weighted by atomic mass is 9.81. The van der Waals surface area contributed by atoms with E-state index in [1.807, 2.05) is 22.7 Å². The van der Waals surface area contributed by atoms with Gasteiger partial charge in [0, 0.05) is 18.9 Å². The zero-order valence-electron chi connectivity index (χ0n) is 12.7. The molecule has 0 saturated heterocycles. The molecule has 1 aliphatic rings. The van der Waals surface area contributed by atoms with Crippen molar-refractivity contribution in [2.24, 2.45) is 11.8 Å². The second-order valence-corrected chi connectivity index (χ2v) is 6.71. The van der Waals surface area contributed by atoms with Gasteiger partial charge < -0.3 is 9.72 Å². The molecule has 1 aliphatic carbocycles. The van der Waals surface area contributed by atoms with Crippen LogP contribution in [0.15, 0.2) is 24.5 Å². The smallest absolute Gasteiger partial charge is 0.137 e. The van der Waals surface area contributed by atoms with Crippen LogP contribution in [0.4, 0.5) is 0 Å². The molecule has 1 saturated carbocycles. The Morgan fingerprint density at radius 3 is 2.71 bits per heavy atom. The molecule has 0 unspecified atom stereocenters. The first-order valence-corrected chi connectivity index (χ1v) is 8.46. The number of halogens is 1. The predicted octanol–water partition coefficient (Wildman–Crippen LogP) is 4.29. The lowest BCUT2D eigenvalue weighted by Crippen LogP contribution is -2.26. The zero-order valence-corrected chi connectivity index (χ0v) is 13.4. The monoisotopic (exact) mass is 305 g/mol. The molecule has 114 valence electrons. The summed E-state index contributed by atoms with van der Waals surface area (Å²) in [5, 5.41) is 4.31. The first-order chi connectivity index (χ1) is 10.2. The molecular formula is C17H24ClN3. The molecule has 0 amide bonds. The van der Waals surface area contributed by atoms with E-state index in [0.29, 0.717) is 0 Å². The van der Waals surface area contributed by atoms with Gasteiger partial charge in [0.2, 0.25) is 0 Å². The Morgan fingerprint density at radius 2 is 1.95 bits per heavy atom. The maximum absolute atomic E-state index is 5.99. The van der Waals surface area contributed by atoms with E-state index in [4.69, 9.17) is 11.6 Å². The summed E-state index contributed by atoms with van der Waals surface area (Å²) in [6.45, 7) is 4.27. The average Bonchev–Trinajstić information content (AvgIpc) is 2.89. The van der Waals surface area contributed by atoms with E-state index in [0.717, 1.165) is 41.3 Å². The van der Waals surface area contributed by atoms with E-state index in [9.17, 15) is 0 Å². The van der Waals surface area contributed by atoms with Crippen LogP contribution in [-0.2, 0) is 6.54 Å². The molecule has 2 aromatic heterocycles. The third-order valence-corrected chi connectivity index (χ3v) is 4.97. The van der Waals surface area contributed by atoms with E-state index in [2.05, 4.69) is 23.4 Å². The van der Waals surface area contributed by atoms with Crippen LogP contribution in [0.5, 0.6) is 0 Å². The van der Waals surface area contributed by atoms with Gasteiger partial charge in [-0.3, -0.25) is 0 Å². The summed E-state index contributed by atoms with van der Waals surface area (Å²) in [5.74, 6) is 1.82. The van der Waals surface area contributed by atoms with Crippen molar-refractivity contribution in [2.45, 2.75) is 45.6 Å². The Morgan fingerprint density at radius 1 is 1.19 bits per heavy atom. The summed E-state index contributed by atoms with van der Waals surface area (Å²) < 4.78 is 1.99. The van der Waals surface area contributed by atoms with Gasteiger partial charge >= 0.3 is 0 Å². The number of aromatic nitrogens is 2. The third-order valence-electron chi connectivity index (χ3n) is 4.75. The molecule has 3 nitrogen and oxygen atoms in total. The summed E-state index contributed by atoms with van der Waals surface area (Å²) in [5.41, 5.74) is 2.04. The summed E-state index contributed by atoms with van der Waals surface area (Å²) in [6, 6.07) is 3.84. The van der Waals surface area contributed by atoms with Crippen LogP contribution in [0.3, 0.4) is 0 Å². The molecule has 2 heterocycles. The number of nitrogens with one attached hydrogen (secondary N) is 1. The first kappa shape index (κ1) is 14.9. The molecule has 0 atom stereocenters. The molecule has 2 aromatic rings. The van der Waals surface area contributed by atoms with E-state index < -0.39 is 0 Å². The molecule has 3 rings (SSSR count). The van der Waals surface area contributed by atoms with Crippen LogP contribution >= 0.6 is 11.6 Å². The van der Waals surface area contributed by atoms with Crippen molar-refractivity contribution in [3.63, 3.8) is 0 Å². The summed E-state index contributed by atoms with van der Waals surface area (Å²) in [4.78, 5) is 4.60. The maximum atomic E-state index is 5.99. The summed E-state index contributed by atoms with van der Waals surface area (Å²) in [7, 11) is 0. The van der Waals surface area contributed by atoms with E-state index in [-0.39, 0.29) is 0 Å². The fraction of sp³-hybridized carbons (Fsp3) is 0.588. The molecule has 4 heteroatoms. The van der Waals surface area contributed by atoms with Gasteiger partial charge in [0.05, 0.1) is 10.7 Å². The van der Waals surface area contributed by atoms with Crippen LogP contribution in [-0.4, -0.2) is 15.9 Å². The standard InChI is InChI=1S/C17H24ClN3/c1-2-13-3-5-14(6-4-13)9-19-10-16-12-21-11-15(18)7-8-17(21)20-16/h7-8,11-14,19H,2-6,9-10H2,1H3.